The summed E-state index contributed by atoms with van der Waals surface area (Å²) in [6.07, 6.45) is 1.49. The van der Waals surface area contributed by atoms with E-state index in [4.69, 9.17) is 0 Å². The average Bonchev–Trinajstić information content (AvgIpc) is 2.92. The van der Waals surface area contributed by atoms with Gasteiger partial charge in [-0.2, -0.15) is 0 Å². The first-order chi connectivity index (χ1) is 13.8. The number of halogens is 1. The van der Waals surface area contributed by atoms with Crippen LogP contribution in [0.15, 0.2) is 42.5 Å². The fraction of sp³-hybridized carbons (Fsp3) is 0.318. The summed E-state index contributed by atoms with van der Waals surface area (Å²) in [4.78, 5) is 38.9. The maximum absolute atomic E-state index is 13.2. The van der Waals surface area contributed by atoms with Gasteiger partial charge in [0.2, 0.25) is 5.91 Å². The van der Waals surface area contributed by atoms with Crippen LogP contribution in [0.1, 0.15) is 37.5 Å². The van der Waals surface area contributed by atoms with Crippen molar-refractivity contribution in [1.82, 2.24) is 10.2 Å². The Kier molecular flexibility index (Phi) is 5.68. The highest BCUT2D eigenvalue weighted by atomic mass is 19.1. The third kappa shape index (κ3) is 3.85. The van der Waals surface area contributed by atoms with E-state index in [9.17, 15) is 18.8 Å². The van der Waals surface area contributed by atoms with Crippen LogP contribution in [-0.2, 0) is 28.0 Å². The van der Waals surface area contributed by atoms with Gasteiger partial charge in [0.25, 0.3) is 5.91 Å². The maximum atomic E-state index is 13.2. The van der Waals surface area contributed by atoms with E-state index in [1.165, 1.54) is 24.3 Å². The van der Waals surface area contributed by atoms with Gasteiger partial charge < -0.3 is 10.6 Å². The molecule has 1 heterocycles. The molecule has 0 aliphatic carbocycles. The number of anilines is 1. The van der Waals surface area contributed by atoms with Crippen molar-refractivity contribution in [2.45, 2.75) is 39.2 Å². The Labute approximate surface area is 169 Å². The molecular weight excluding hydrogens is 373 g/mol. The highest BCUT2D eigenvalue weighted by Crippen LogP contribution is 2.29. The molecule has 1 aliphatic rings. The molecule has 2 aromatic rings. The fourth-order valence-electron chi connectivity index (χ4n) is 3.55. The molecule has 1 atom stereocenters. The summed E-state index contributed by atoms with van der Waals surface area (Å²) in [7, 11) is 0. The smallest absolute Gasteiger partial charge is 0.324 e. The quantitative estimate of drug-likeness (QED) is 0.734. The number of nitrogens with zero attached hydrogens (tertiary/aromatic N) is 1. The van der Waals surface area contributed by atoms with Gasteiger partial charge >= 0.3 is 6.03 Å². The Bertz CT molecular complexity index is 936. The number of amides is 4. The van der Waals surface area contributed by atoms with Crippen LogP contribution in [0, 0.1) is 5.82 Å². The molecule has 0 spiro atoms. The number of nitrogens with one attached hydrogen (secondary N) is 2. The largest absolute Gasteiger partial charge is 0.325 e. The number of carbonyl (C=O) groups is 3. The molecule has 1 unspecified atom stereocenters. The second-order valence-electron chi connectivity index (χ2n) is 7.16. The Balaban J connectivity index is 1.79. The lowest BCUT2D eigenvalue weighted by molar-refractivity contribution is -0.133. The second-order valence-corrected chi connectivity index (χ2v) is 7.16. The number of benzene rings is 2. The maximum Gasteiger partial charge on any atom is 0.325 e. The van der Waals surface area contributed by atoms with Crippen molar-refractivity contribution in [1.29, 1.82) is 0 Å². The summed E-state index contributed by atoms with van der Waals surface area (Å²) < 4.78 is 13.2. The van der Waals surface area contributed by atoms with Crippen LogP contribution in [0.25, 0.3) is 0 Å². The van der Waals surface area contributed by atoms with Gasteiger partial charge in [0, 0.05) is 5.69 Å². The van der Waals surface area contributed by atoms with E-state index < -0.39 is 35.7 Å². The summed E-state index contributed by atoms with van der Waals surface area (Å²) in [5.41, 5.74) is 1.82. The molecule has 0 bridgehead atoms. The first kappa shape index (κ1) is 20.5. The van der Waals surface area contributed by atoms with Crippen LogP contribution in [0.2, 0.25) is 0 Å². The highest BCUT2D eigenvalue weighted by Gasteiger charge is 2.49. The Morgan fingerprint density at radius 1 is 1.07 bits per heavy atom. The molecule has 1 saturated heterocycles. The number of imide groups is 1. The van der Waals surface area contributed by atoms with E-state index in [1.807, 2.05) is 32.0 Å². The summed E-state index contributed by atoms with van der Waals surface area (Å²) in [5, 5.41) is 5.48. The van der Waals surface area contributed by atoms with Crippen molar-refractivity contribution in [3.63, 3.8) is 0 Å². The molecule has 7 heteroatoms. The van der Waals surface area contributed by atoms with E-state index in [2.05, 4.69) is 10.6 Å². The van der Waals surface area contributed by atoms with Gasteiger partial charge in [-0.25, -0.2) is 9.18 Å². The van der Waals surface area contributed by atoms with Gasteiger partial charge in [-0.3, -0.25) is 14.5 Å². The number of hydrogen-bond donors (Lipinski definition) is 2. The monoisotopic (exact) mass is 397 g/mol. The number of rotatable bonds is 6. The zero-order valence-electron chi connectivity index (χ0n) is 16.7. The standard InChI is InChI=1S/C22H24FN3O3/c1-4-14-7-6-8-15(5-2)19(14)24-18(27)13-26-20(28)22(3,25-21(26)29)16-9-11-17(23)12-10-16/h6-12H,4-5,13H2,1-3H3,(H,24,27)(H,25,29). The molecule has 0 saturated carbocycles. The summed E-state index contributed by atoms with van der Waals surface area (Å²) in [5.74, 6) is -1.44. The van der Waals surface area contributed by atoms with E-state index >= 15 is 0 Å². The van der Waals surface area contributed by atoms with Gasteiger partial charge in [0.05, 0.1) is 0 Å². The van der Waals surface area contributed by atoms with Gasteiger partial charge in [-0.05, 0) is 48.6 Å². The topological polar surface area (TPSA) is 78.5 Å². The molecule has 2 aromatic carbocycles. The first-order valence-electron chi connectivity index (χ1n) is 9.61. The average molecular weight is 397 g/mol. The van der Waals surface area contributed by atoms with Gasteiger partial charge in [0.1, 0.15) is 17.9 Å². The Morgan fingerprint density at radius 2 is 1.66 bits per heavy atom. The van der Waals surface area contributed by atoms with Gasteiger partial charge in [-0.15, -0.1) is 0 Å². The van der Waals surface area contributed by atoms with Crippen LogP contribution in [0.5, 0.6) is 0 Å². The van der Waals surface area contributed by atoms with Crippen molar-refractivity contribution in [3.8, 4) is 0 Å². The number of urea groups is 1. The van der Waals surface area contributed by atoms with Crippen molar-refractivity contribution < 1.29 is 18.8 Å². The number of aryl methyl sites for hydroxylation is 2. The Hall–Kier alpha value is -3.22. The zero-order valence-corrected chi connectivity index (χ0v) is 16.7. The third-order valence-electron chi connectivity index (χ3n) is 5.26. The van der Waals surface area contributed by atoms with E-state index in [1.54, 1.807) is 6.92 Å². The zero-order chi connectivity index (χ0) is 21.2. The normalized spacial score (nSPS) is 18.7. The summed E-state index contributed by atoms with van der Waals surface area (Å²) in [6, 6.07) is 10.5. The number of para-hydroxylation sites is 1. The summed E-state index contributed by atoms with van der Waals surface area (Å²) in [6.45, 7) is 5.13. The van der Waals surface area contributed by atoms with Gasteiger partial charge in [0.15, 0.2) is 0 Å². The van der Waals surface area contributed by atoms with E-state index in [-0.39, 0.29) is 0 Å². The van der Waals surface area contributed by atoms with Crippen molar-refractivity contribution in [2.75, 3.05) is 11.9 Å². The minimum absolute atomic E-state index is 0.400. The third-order valence-corrected chi connectivity index (χ3v) is 5.26. The minimum Gasteiger partial charge on any atom is -0.324 e. The molecule has 0 radical (unpaired) electrons. The molecule has 4 amide bonds. The predicted molar refractivity (Wildman–Crippen MR) is 108 cm³/mol. The first-order valence-corrected chi connectivity index (χ1v) is 9.61. The molecule has 1 aliphatic heterocycles. The molecule has 2 N–H and O–H groups in total. The van der Waals surface area contributed by atoms with Crippen molar-refractivity contribution >= 4 is 23.5 Å². The minimum atomic E-state index is -1.35. The fourth-order valence-corrected chi connectivity index (χ4v) is 3.55. The van der Waals surface area contributed by atoms with Crippen LogP contribution in [0.4, 0.5) is 14.9 Å². The Morgan fingerprint density at radius 3 is 2.21 bits per heavy atom. The van der Waals surface area contributed by atoms with Crippen LogP contribution >= 0.6 is 0 Å². The molecule has 6 nitrogen and oxygen atoms in total. The van der Waals surface area contributed by atoms with Crippen LogP contribution in [0.3, 0.4) is 0 Å². The molecule has 152 valence electrons. The van der Waals surface area contributed by atoms with Crippen molar-refractivity contribution in [3.05, 3.63) is 65.0 Å². The second kappa shape index (κ2) is 8.03. The molecule has 1 fully saturated rings. The molecule has 29 heavy (non-hydrogen) atoms. The molecular formula is C22H24FN3O3. The van der Waals surface area contributed by atoms with Crippen LogP contribution in [-0.4, -0.2) is 29.3 Å². The number of carbonyl (C=O) groups excluding carboxylic acids is 3. The lowest BCUT2D eigenvalue weighted by atomic mass is 9.92. The van der Waals surface area contributed by atoms with Crippen molar-refractivity contribution in [2.24, 2.45) is 0 Å². The van der Waals surface area contributed by atoms with E-state index in [0.717, 1.165) is 34.6 Å². The number of hydrogen-bond acceptors (Lipinski definition) is 3. The molecule has 3 rings (SSSR count). The highest BCUT2D eigenvalue weighted by molar-refractivity contribution is 6.10. The SMILES string of the molecule is CCc1cccc(CC)c1NC(=O)CN1C(=O)NC(C)(c2ccc(F)cc2)C1=O. The predicted octanol–water partition coefficient (Wildman–Crippen LogP) is 3.36. The molecule has 0 aromatic heterocycles. The van der Waals surface area contributed by atoms with E-state index in [0.29, 0.717) is 5.56 Å². The lowest BCUT2D eigenvalue weighted by Crippen LogP contribution is -2.42. The summed E-state index contributed by atoms with van der Waals surface area (Å²) >= 11 is 0. The van der Waals surface area contributed by atoms with Gasteiger partial charge in [-0.1, -0.05) is 44.2 Å². The lowest BCUT2D eigenvalue weighted by Gasteiger charge is -2.22. The van der Waals surface area contributed by atoms with Crippen LogP contribution < -0.4 is 10.6 Å².